The number of imidazole rings is 1. The van der Waals surface area contributed by atoms with Gasteiger partial charge in [0.25, 0.3) is 0 Å². The second kappa shape index (κ2) is 9.49. The molecule has 0 aliphatic carbocycles. The zero-order chi connectivity index (χ0) is 23.4. The van der Waals surface area contributed by atoms with E-state index in [0.717, 1.165) is 28.2 Å². The zero-order valence-electron chi connectivity index (χ0n) is 19.8. The predicted octanol–water partition coefficient (Wildman–Crippen LogP) is 5.57. The molecule has 1 aromatic heterocycles. The molecule has 5 nitrogen and oxygen atoms in total. The molecule has 0 fully saturated rings. The first-order valence-corrected chi connectivity index (χ1v) is 11.3. The molecule has 0 saturated carbocycles. The predicted molar refractivity (Wildman–Crippen MR) is 132 cm³/mol. The van der Waals surface area contributed by atoms with Crippen molar-refractivity contribution in [2.45, 2.75) is 45.9 Å². The van der Waals surface area contributed by atoms with Crippen molar-refractivity contribution in [3.63, 3.8) is 0 Å². The third kappa shape index (κ3) is 5.43. The Balaban J connectivity index is 1.51. The van der Waals surface area contributed by atoms with E-state index in [4.69, 9.17) is 9.72 Å². The molecule has 1 heterocycles. The lowest BCUT2D eigenvalue weighted by Crippen LogP contribution is -2.30. The number of rotatable bonds is 7. The van der Waals surface area contributed by atoms with E-state index in [1.165, 1.54) is 5.56 Å². The molecule has 0 spiro atoms. The fourth-order valence-corrected chi connectivity index (χ4v) is 3.81. The average molecular weight is 442 g/mol. The number of hydrogen-bond donors (Lipinski definition) is 0. The fourth-order valence-electron chi connectivity index (χ4n) is 3.81. The fraction of sp³-hybridized carbons (Fsp3) is 0.286. The van der Waals surface area contributed by atoms with Crippen LogP contribution in [0.1, 0.15) is 37.7 Å². The van der Waals surface area contributed by atoms with Crippen LogP contribution in [0.3, 0.4) is 0 Å². The first-order valence-electron chi connectivity index (χ1n) is 11.3. The number of benzene rings is 3. The van der Waals surface area contributed by atoms with Gasteiger partial charge in [-0.05, 0) is 40.8 Å². The van der Waals surface area contributed by atoms with Crippen LogP contribution < -0.4 is 4.74 Å². The molecule has 0 atom stereocenters. The van der Waals surface area contributed by atoms with E-state index >= 15 is 0 Å². The summed E-state index contributed by atoms with van der Waals surface area (Å²) in [5, 5.41) is 0. The van der Waals surface area contributed by atoms with Crippen molar-refractivity contribution in [2.24, 2.45) is 0 Å². The number of carbonyl (C=O) groups is 1. The second-order valence-electron chi connectivity index (χ2n) is 9.40. The van der Waals surface area contributed by atoms with Gasteiger partial charge in [-0.15, -0.1) is 0 Å². The van der Waals surface area contributed by atoms with Gasteiger partial charge in [0.05, 0.1) is 11.0 Å². The number of aromatic nitrogens is 2. The van der Waals surface area contributed by atoms with Crippen LogP contribution in [0.15, 0.2) is 78.9 Å². The molecule has 5 heteroatoms. The number of nitrogens with zero attached hydrogens (tertiary/aromatic N) is 3. The minimum atomic E-state index is 0.0257. The molecule has 0 unspecified atom stereocenters. The summed E-state index contributed by atoms with van der Waals surface area (Å²) < 4.78 is 8.02. The monoisotopic (exact) mass is 441 g/mol. The van der Waals surface area contributed by atoms with E-state index < -0.39 is 0 Å². The van der Waals surface area contributed by atoms with Crippen LogP contribution in [-0.2, 0) is 29.9 Å². The summed E-state index contributed by atoms with van der Waals surface area (Å²) in [4.78, 5) is 19.6. The van der Waals surface area contributed by atoms with Crippen molar-refractivity contribution in [1.29, 1.82) is 0 Å². The SMILES string of the molecule is CN(Cc1ccccc1)C(=O)Cn1c(COc2ccc(C(C)(C)C)cc2)nc2ccccc21. The normalized spacial score (nSPS) is 11.5. The summed E-state index contributed by atoms with van der Waals surface area (Å²) in [6.45, 7) is 7.65. The summed E-state index contributed by atoms with van der Waals surface area (Å²) >= 11 is 0. The standard InChI is InChI=1S/C28H31N3O2/c1-28(2,3)22-14-16-23(17-15-22)33-20-26-29-24-12-8-9-13-25(24)31(26)19-27(32)30(4)18-21-10-6-5-7-11-21/h5-17H,18-20H2,1-4H3. The highest BCUT2D eigenvalue weighted by atomic mass is 16.5. The highest BCUT2D eigenvalue weighted by molar-refractivity contribution is 5.81. The van der Waals surface area contributed by atoms with Crippen LogP contribution in [0, 0.1) is 0 Å². The smallest absolute Gasteiger partial charge is 0.242 e. The third-order valence-corrected chi connectivity index (χ3v) is 5.80. The van der Waals surface area contributed by atoms with Gasteiger partial charge in [-0.25, -0.2) is 4.98 Å². The van der Waals surface area contributed by atoms with E-state index in [9.17, 15) is 4.79 Å². The van der Waals surface area contributed by atoms with E-state index in [1.54, 1.807) is 4.90 Å². The lowest BCUT2D eigenvalue weighted by Gasteiger charge is -2.20. The maximum Gasteiger partial charge on any atom is 0.242 e. The minimum Gasteiger partial charge on any atom is -0.486 e. The summed E-state index contributed by atoms with van der Waals surface area (Å²) in [6.07, 6.45) is 0. The van der Waals surface area contributed by atoms with Crippen LogP contribution in [0.5, 0.6) is 5.75 Å². The van der Waals surface area contributed by atoms with E-state index in [1.807, 2.05) is 78.3 Å². The van der Waals surface area contributed by atoms with E-state index in [0.29, 0.717) is 13.2 Å². The summed E-state index contributed by atoms with van der Waals surface area (Å²) in [5.41, 5.74) is 4.25. The highest BCUT2D eigenvalue weighted by Crippen LogP contribution is 2.25. The van der Waals surface area contributed by atoms with Crippen molar-refractivity contribution < 1.29 is 9.53 Å². The number of amides is 1. The third-order valence-electron chi connectivity index (χ3n) is 5.80. The molecule has 0 bridgehead atoms. The minimum absolute atomic E-state index is 0.0257. The van der Waals surface area contributed by atoms with Gasteiger partial charge in [-0.2, -0.15) is 0 Å². The van der Waals surface area contributed by atoms with Crippen molar-refractivity contribution in [1.82, 2.24) is 14.5 Å². The van der Waals surface area contributed by atoms with Crippen LogP contribution in [0.2, 0.25) is 0 Å². The number of carbonyl (C=O) groups excluding carboxylic acids is 1. The van der Waals surface area contributed by atoms with Gasteiger partial charge in [0, 0.05) is 13.6 Å². The average Bonchev–Trinajstić information content (AvgIpc) is 3.15. The second-order valence-corrected chi connectivity index (χ2v) is 9.40. The number of fused-ring (bicyclic) bond motifs is 1. The summed E-state index contributed by atoms with van der Waals surface area (Å²) in [6, 6.07) is 26.1. The summed E-state index contributed by atoms with van der Waals surface area (Å²) in [5.74, 6) is 1.55. The Morgan fingerprint density at radius 3 is 2.30 bits per heavy atom. The molecule has 33 heavy (non-hydrogen) atoms. The lowest BCUT2D eigenvalue weighted by atomic mass is 9.87. The zero-order valence-corrected chi connectivity index (χ0v) is 19.8. The lowest BCUT2D eigenvalue weighted by molar-refractivity contribution is -0.131. The van der Waals surface area contributed by atoms with Crippen LogP contribution in [0.25, 0.3) is 11.0 Å². The molecule has 0 radical (unpaired) electrons. The van der Waals surface area contributed by atoms with Gasteiger partial charge >= 0.3 is 0 Å². The van der Waals surface area contributed by atoms with E-state index in [-0.39, 0.29) is 17.9 Å². The molecule has 170 valence electrons. The van der Waals surface area contributed by atoms with Gasteiger partial charge in [-0.3, -0.25) is 4.79 Å². The topological polar surface area (TPSA) is 47.4 Å². The van der Waals surface area contributed by atoms with Gasteiger partial charge in [-0.1, -0.05) is 75.4 Å². The Kier molecular flexibility index (Phi) is 6.50. The van der Waals surface area contributed by atoms with Gasteiger partial charge in [0.1, 0.15) is 24.7 Å². The maximum absolute atomic E-state index is 13.1. The molecule has 3 aromatic carbocycles. The van der Waals surface area contributed by atoms with E-state index in [2.05, 4.69) is 32.9 Å². The molecule has 1 amide bonds. The molecule has 0 aliphatic rings. The number of likely N-dealkylation sites (N-methyl/N-ethyl adjacent to an activating group) is 1. The summed E-state index contributed by atoms with van der Waals surface area (Å²) in [7, 11) is 1.83. The van der Waals surface area contributed by atoms with Crippen LogP contribution >= 0.6 is 0 Å². The Morgan fingerprint density at radius 2 is 1.61 bits per heavy atom. The van der Waals surface area contributed by atoms with Crippen LogP contribution in [-0.4, -0.2) is 27.4 Å². The van der Waals surface area contributed by atoms with Gasteiger partial charge < -0.3 is 14.2 Å². The molecular weight excluding hydrogens is 410 g/mol. The van der Waals surface area contributed by atoms with Crippen molar-refractivity contribution in [3.8, 4) is 5.75 Å². The Bertz CT molecular complexity index is 1220. The number of ether oxygens (including phenoxy) is 1. The molecule has 0 saturated heterocycles. The molecular formula is C28H31N3O2. The molecule has 4 rings (SSSR count). The van der Waals surface area contributed by atoms with Gasteiger partial charge in [0.15, 0.2) is 0 Å². The largest absolute Gasteiger partial charge is 0.486 e. The maximum atomic E-state index is 13.1. The number of hydrogen-bond acceptors (Lipinski definition) is 3. The van der Waals surface area contributed by atoms with Crippen LogP contribution in [0.4, 0.5) is 0 Å². The molecule has 0 N–H and O–H groups in total. The Morgan fingerprint density at radius 1 is 0.939 bits per heavy atom. The van der Waals surface area contributed by atoms with Gasteiger partial charge in [0.2, 0.25) is 5.91 Å². The van der Waals surface area contributed by atoms with Crippen molar-refractivity contribution >= 4 is 16.9 Å². The first-order chi connectivity index (χ1) is 15.8. The molecule has 4 aromatic rings. The van der Waals surface area contributed by atoms with Crippen molar-refractivity contribution in [2.75, 3.05) is 7.05 Å². The Hall–Kier alpha value is -3.60. The quantitative estimate of drug-likeness (QED) is 0.377. The highest BCUT2D eigenvalue weighted by Gasteiger charge is 2.17. The number of para-hydroxylation sites is 2. The molecule has 0 aliphatic heterocycles. The van der Waals surface area contributed by atoms with Crippen molar-refractivity contribution in [3.05, 3.63) is 95.8 Å². The first kappa shape index (κ1) is 22.6. The Labute approximate surface area is 195 Å².